The summed E-state index contributed by atoms with van der Waals surface area (Å²) in [5.41, 5.74) is 1.52. The Morgan fingerprint density at radius 1 is 0.472 bits per heavy atom. The lowest BCUT2D eigenvalue weighted by Crippen LogP contribution is -2.16. The van der Waals surface area contributed by atoms with Gasteiger partial charge in [-0.25, -0.2) is 15.0 Å². The first-order chi connectivity index (χ1) is 17.7. The Bertz CT molecular complexity index is 1780. The minimum Gasteiger partial charge on any atom is -0.287 e. The number of rotatable bonds is 1. The van der Waals surface area contributed by atoms with Crippen molar-refractivity contribution in [2.24, 2.45) is 4.99 Å². The quantitative estimate of drug-likeness (QED) is 0.239. The van der Waals surface area contributed by atoms with Crippen LogP contribution in [0.4, 0.5) is 5.69 Å². The van der Waals surface area contributed by atoms with Crippen molar-refractivity contribution in [3.63, 3.8) is 0 Å². The molecule has 5 aromatic carbocycles. The van der Waals surface area contributed by atoms with Gasteiger partial charge in [0.15, 0.2) is 0 Å². The molecule has 1 aromatic heterocycles. The topological polar surface area (TPSA) is 72.3 Å². The van der Waals surface area contributed by atoms with Gasteiger partial charge in [-0.3, -0.25) is 9.59 Å². The number of para-hydroxylation sites is 1. The molecule has 182 valence electrons. The summed E-state index contributed by atoms with van der Waals surface area (Å²) in [5, 5.41) is 3.13. The summed E-state index contributed by atoms with van der Waals surface area (Å²) in [6.07, 6.45) is 0. The van der Waals surface area contributed by atoms with Gasteiger partial charge in [-0.15, -0.1) is 0 Å². The monoisotopic (exact) mass is 477 g/mol. The molecule has 0 aliphatic carbocycles. The Balaban J connectivity index is 0.000000563. The molecule has 6 aromatic rings. The van der Waals surface area contributed by atoms with Crippen LogP contribution in [-0.2, 0) is 0 Å². The number of benzene rings is 4. The van der Waals surface area contributed by atoms with E-state index in [1.54, 1.807) is 24.3 Å². The van der Waals surface area contributed by atoms with Crippen LogP contribution in [0.5, 0.6) is 0 Å². The van der Waals surface area contributed by atoms with Crippen LogP contribution in [0.15, 0.2) is 93.4 Å². The lowest BCUT2D eigenvalue weighted by Gasteiger charge is -2.00. The van der Waals surface area contributed by atoms with Gasteiger partial charge in [0.25, 0.3) is 0 Å². The van der Waals surface area contributed by atoms with Crippen LogP contribution in [0.2, 0.25) is 0 Å². The molecule has 0 aliphatic heterocycles. The number of hydrogen-bond donors (Lipinski definition) is 0. The van der Waals surface area contributed by atoms with Crippen LogP contribution in [0.25, 0.3) is 43.6 Å². The van der Waals surface area contributed by atoms with Crippen LogP contribution in [0.3, 0.4) is 0 Å². The van der Waals surface area contributed by atoms with Gasteiger partial charge >= 0.3 is 0 Å². The highest BCUT2D eigenvalue weighted by molar-refractivity contribution is 6.10. The number of fused-ring (bicyclic) bond motifs is 5. The van der Waals surface area contributed by atoms with Crippen LogP contribution in [-0.4, -0.2) is 9.97 Å². The second-order valence-corrected chi connectivity index (χ2v) is 7.16. The second kappa shape index (κ2) is 11.9. The third-order valence-electron chi connectivity index (χ3n) is 5.40. The zero-order chi connectivity index (χ0) is 26.2. The van der Waals surface area contributed by atoms with E-state index in [0.29, 0.717) is 27.2 Å². The predicted molar refractivity (Wildman–Crippen MR) is 153 cm³/mol. The van der Waals surface area contributed by atoms with E-state index in [-0.39, 0.29) is 21.9 Å². The number of hydrogen-bond acceptors (Lipinski definition) is 5. The molecule has 6 rings (SSSR count). The van der Waals surface area contributed by atoms with Crippen LogP contribution < -0.4 is 16.2 Å². The van der Waals surface area contributed by atoms with Crippen molar-refractivity contribution in [1.29, 1.82) is 0 Å². The molecular formula is C31H31N3O2. The smallest absolute Gasteiger partial charge is 0.214 e. The first-order valence-electron chi connectivity index (χ1n) is 12.6. The fourth-order valence-corrected chi connectivity index (χ4v) is 4.01. The molecule has 0 fully saturated rings. The molecule has 0 unspecified atom stereocenters. The molecule has 5 heteroatoms. The highest BCUT2D eigenvalue weighted by Crippen LogP contribution is 2.24. The third-order valence-corrected chi connectivity index (χ3v) is 5.40. The van der Waals surface area contributed by atoms with E-state index in [2.05, 4.69) is 9.97 Å². The van der Waals surface area contributed by atoms with Gasteiger partial charge in [0.2, 0.25) is 10.9 Å². The van der Waals surface area contributed by atoms with Gasteiger partial charge in [-0.2, -0.15) is 0 Å². The highest BCUT2D eigenvalue weighted by Gasteiger charge is 2.18. The SMILES string of the molecule is CC.CC.CC.O=c1c2ccccc2c(=O)c2nc3c(nc12)c(=Nc1ccccc1)c1ccccc13. The van der Waals surface area contributed by atoms with Crippen LogP contribution in [0, 0.1) is 0 Å². The molecule has 0 amide bonds. The zero-order valence-corrected chi connectivity index (χ0v) is 21.7. The Morgan fingerprint density at radius 3 is 1.42 bits per heavy atom. The minimum absolute atomic E-state index is 0.0889. The van der Waals surface area contributed by atoms with Gasteiger partial charge in [-0.05, 0) is 12.1 Å². The third kappa shape index (κ3) is 4.52. The van der Waals surface area contributed by atoms with E-state index >= 15 is 0 Å². The molecule has 0 atom stereocenters. The van der Waals surface area contributed by atoms with E-state index in [1.807, 2.05) is 96.1 Å². The largest absolute Gasteiger partial charge is 0.287 e. The normalized spacial score (nSPS) is 10.9. The summed E-state index contributed by atoms with van der Waals surface area (Å²) in [4.78, 5) is 40.2. The molecule has 0 saturated heterocycles. The summed E-state index contributed by atoms with van der Waals surface area (Å²) in [7, 11) is 0. The molecule has 5 nitrogen and oxygen atoms in total. The Hall–Kier alpha value is -4.25. The standard InChI is InChI=1S/C25H13N3O2.3C2H6/c29-24-17-12-6-7-13-18(17)25(30)23-22(24)27-20-16-11-5-4-10-15(16)19(21(20)28-23)26-14-8-2-1-3-9-14;3*1-2/h1-13H;3*1-2H3. The highest BCUT2D eigenvalue weighted by atomic mass is 16.1. The van der Waals surface area contributed by atoms with Gasteiger partial charge in [0.05, 0.1) is 16.6 Å². The molecular weight excluding hydrogens is 446 g/mol. The maximum Gasteiger partial charge on any atom is 0.214 e. The first-order valence-corrected chi connectivity index (χ1v) is 12.6. The van der Waals surface area contributed by atoms with Crippen LogP contribution in [0.1, 0.15) is 41.5 Å². The van der Waals surface area contributed by atoms with Crippen molar-refractivity contribution in [3.8, 4) is 0 Å². The van der Waals surface area contributed by atoms with E-state index < -0.39 is 0 Å². The van der Waals surface area contributed by atoms with Crippen molar-refractivity contribution >= 4 is 49.3 Å². The Morgan fingerprint density at radius 2 is 0.889 bits per heavy atom. The molecule has 0 bridgehead atoms. The van der Waals surface area contributed by atoms with Crippen molar-refractivity contribution in [1.82, 2.24) is 9.97 Å². The molecule has 0 aliphatic rings. The maximum absolute atomic E-state index is 13.1. The van der Waals surface area contributed by atoms with Crippen molar-refractivity contribution < 1.29 is 0 Å². The average molecular weight is 478 g/mol. The van der Waals surface area contributed by atoms with Gasteiger partial charge in [0.1, 0.15) is 16.6 Å². The van der Waals surface area contributed by atoms with Gasteiger partial charge in [0, 0.05) is 21.5 Å². The van der Waals surface area contributed by atoms with E-state index in [9.17, 15) is 9.59 Å². The van der Waals surface area contributed by atoms with Crippen LogP contribution >= 0.6 is 0 Å². The predicted octanol–water partition coefficient (Wildman–Crippen LogP) is 7.00. The van der Waals surface area contributed by atoms with E-state index in [1.165, 1.54) is 0 Å². The average Bonchev–Trinajstić information content (AvgIpc) is 3.27. The summed E-state index contributed by atoms with van der Waals surface area (Å²) in [6.45, 7) is 12.0. The molecule has 1 heterocycles. The number of nitrogens with zero attached hydrogens (tertiary/aromatic N) is 3. The summed E-state index contributed by atoms with van der Waals surface area (Å²) in [6, 6.07) is 24.1. The van der Waals surface area contributed by atoms with Gasteiger partial charge < -0.3 is 0 Å². The molecule has 0 radical (unpaired) electrons. The number of aromatic nitrogens is 2. The summed E-state index contributed by atoms with van der Waals surface area (Å²) < 4.78 is 0. The second-order valence-electron chi connectivity index (χ2n) is 7.16. The molecule has 0 spiro atoms. The molecule has 0 saturated carbocycles. The lowest BCUT2D eigenvalue weighted by molar-refractivity contribution is 1.34. The van der Waals surface area contributed by atoms with Gasteiger partial charge in [-0.1, -0.05) is 108 Å². The zero-order valence-electron chi connectivity index (χ0n) is 21.7. The molecule has 36 heavy (non-hydrogen) atoms. The summed E-state index contributed by atoms with van der Waals surface area (Å²) in [5.74, 6) is 0. The minimum atomic E-state index is -0.287. The van der Waals surface area contributed by atoms with Crippen molar-refractivity contribution in [2.45, 2.75) is 41.5 Å². The Kier molecular flexibility index (Phi) is 8.74. The van der Waals surface area contributed by atoms with Crippen molar-refractivity contribution in [3.05, 3.63) is 105 Å². The van der Waals surface area contributed by atoms with Crippen molar-refractivity contribution in [2.75, 3.05) is 0 Å². The van der Waals surface area contributed by atoms with E-state index in [0.717, 1.165) is 16.5 Å². The molecule has 0 N–H and O–H groups in total. The first kappa shape index (κ1) is 26.4. The van der Waals surface area contributed by atoms with E-state index in [4.69, 9.17) is 4.99 Å². The lowest BCUT2D eigenvalue weighted by atomic mass is 10.1. The maximum atomic E-state index is 13.1. The fraction of sp³-hybridized carbons (Fsp3) is 0.194. The fourth-order valence-electron chi connectivity index (χ4n) is 4.01. The Labute approximate surface area is 210 Å². The summed E-state index contributed by atoms with van der Waals surface area (Å²) >= 11 is 0.